The predicted molar refractivity (Wildman–Crippen MR) is 356 cm³/mol. The van der Waals surface area contributed by atoms with Gasteiger partial charge in [-0.05, 0) is 78.4 Å². The van der Waals surface area contributed by atoms with Crippen LogP contribution in [0.15, 0.2) is 84.9 Å². The van der Waals surface area contributed by atoms with Gasteiger partial charge in [0.1, 0.15) is 38.9 Å². The molecule has 4 aromatic rings. The van der Waals surface area contributed by atoms with Crippen LogP contribution in [0.3, 0.4) is 0 Å². The molecular weight excluding hydrogens is 1060 g/mol. The van der Waals surface area contributed by atoms with Gasteiger partial charge in [0, 0.05) is 6.07 Å². The molecule has 0 saturated carbocycles. The van der Waals surface area contributed by atoms with Crippen molar-refractivity contribution in [2.24, 2.45) is 0 Å². The number of benzene rings is 4. The first kappa shape index (κ1) is 71.7. The van der Waals surface area contributed by atoms with E-state index in [1.54, 1.807) is 12.1 Å². The van der Waals surface area contributed by atoms with Gasteiger partial charge in [-0.2, -0.15) is 0 Å². The van der Waals surface area contributed by atoms with Gasteiger partial charge in [0.05, 0.1) is 35.2 Å². The second-order valence-corrected chi connectivity index (χ2v) is 24.6. The van der Waals surface area contributed by atoms with E-state index in [1.807, 2.05) is 60.7 Å². The Bertz CT molecular complexity index is 2190. The van der Waals surface area contributed by atoms with E-state index >= 15 is 0 Å². The summed E-state index contributed by atoms with van der Waals surface area (Å²) >= 11 is 0. The van der Waals surface area contributed by atoms with Gasteiger partial charge in [-0.15, -0.1) is 0 Å². The Morgan fingerprint density at radius 3 is 0.857 bits per heavy atom. The highest BCUT2D eigenvalue weighted by atomic mass is 28.2. The molecule has 4 rings (SSSR count). The van der Waals surface area contributed by atoms with Crippen LogP contribution < -0.4 is 14.2 Å². The summed E-state index contributed by atoms with van der Waals surface area (Å²) in [5.74, 6) is 1.99. The van der Waals surface area contributed by atoms with Crippen molar-refractivity contribution in [1.29, 1.82) is 0 Å². The number of nitro groups is 2. The summed E-state index contributed by atoms with van der Waals surface area (Å²) in [4.78, 5) is 25.9. The average Bonchev–Trinajstić information content (AvgIpc) is 1.00. The van der Waals surface area contributed by atoms with E-state index in [-0.39, 0.29) is 27.3 Å². The molecule has 0 atom stereocenters. The van der Waals surface area contributed by atoms with Crippen LogP contribution in [0.25, 0.3) is 11.1 Å². The van der Waals surface area contributed by atoms with Crippen LogP contribution >= 0.6 is 0 Å². The molecule has 10 nitrogen and oxygen atoms in total. The second kappa shape index (κ2) is 46.5. The minimum atomic E-state index is -1.73. The molecule has 0 N–H and O–H groups in total. The number of ether oxygens (including phenoxy) is 3. The van der Waals surface area contributed by atoms with Crippen LogP contribution in [-0.4, -0.2) is 40.2 Å². The molecule has 0 saturated heterocycles. The molecule has 0 aliphatic heterocycles. The van der Waals surface area contributed by atoms with E-state index in [4.69, 9.17) is 18.6 Å². The third kappa shape index (κ3) is 28.2. The summed E-state index contributed by atoms with van der Waals surface area (Å²) in [5, 5.41) is 26.9. The lowest BCUT2D eigenvalue weighted by Gasteiger charge is -2.34. The van der Waals surface area contributed by atoms with Crippen molar-refractivity contribution in [1.82, 2.24) is 0 Å². The Balaban J connectivity index is 1.44. The summed E-state index contributed by atoms with van der Waals surface area (Å²) in [6, 6.07) is 24.9. The lowest BCUT2D eigenvalue weighted by molar-refractivity contribution is -0.396. The zero-order valence-electron chi connectivity index (χ0n) is 53.6. The molecule has 11 heteroatoms. The molecule has 0 amide bonds. The van der Waals surface area contributed by atoms with Gasteiger partial charge >= 0.3 is 0 Å². The number of rotatable bonds is 55. The molecule has 0 aromatic heterocycles. The van der Waals surface area contributed by atoms with E-state index in [2.05, 4.69) is 20.8 Å². The maximum Gasteiger partial charge on any atom is 0.290 e. The quantitative estimate of drug-likeness (QED) is 0.0141. The van der Waals surface area contributed by atoms with Crippen molar-refractivity contribution < 1.29 is 28.5 Å². The molecule has 4 aromatic carbocycles. The smallest absolute Gasteiger partial charge is 0.290 e. The fourth-order valence-corrected chi connectivity index (χ4v) is 12.7. The number of nitro benzene ring substituents is 2. The summed E-state index contributed by atoms with van der Waals surface area (Å²) in [6.45, 7) is 8.55. The Morgan fingerprint density at radius 2 is 0.607 bits per heavy atom. The SMILES string of the molecule is CCCCCCCCCCCCCCCCOc1ccc(-c2ccc([N+](=O)[O-])c(C(O[SiH3])(c3ccc(OCCCCCCCCCCCCCCCC)cc3)c3ccc(OCCCCCCCCCCCCCCCC)cc3)c2[N+](=O)[O-])cc1. The van der Waals surface area contributed by atoms with Crippen LogP contribution in [0.4, 0.5) is 11.4 Å². The van der Waals surface area contributed by atoms with Crippen LogP contribution in [0.1, 0.15) is 307 Å². The number of hydrogen-bond acceptors (Lipinski definition) is 8. The van der Waals surface area contributed by atoms with Gasteiger partial charge in [0.15, 0.2) is 0 Å². The van der Waals surface area contributed by atoms with Gasteiger partial charge in [-0.25, -0.2) is 0 Å². The van der Waals surface area contributed by atoms with Gasteiger partial charge in [0.25, 0.3) is 11.4 Å². The molecule has 0 fully saturated rings. The fourth-order valence-electron chi connectivity index (χ4n) is 12.1. The van der Waals surface area contributed by atoms with Gasteiger partial charge < -0.3 is 18.6 Å². The standard InChI is InChI=1S/C73H116N2O8Si/c1-4-7-10-13-16-19-22-25-28-31-34-37-40-43-60-80-66-52-46-63(47-53-66)69-58-59-70(74(76)77)71(72(69)75(78)79)73(83-84,64-48-54-67(55-49-64)81-61-44-41-38-35-32-29-26-23-20-17-14-11-8-5-2)65-50-56-68(57-51-65)82-62-45-42-39-36-33-30-27-24-21-18-15-12-9-6-3/h46-59H,4-45,60-62H2,1-3,84H3. The Morgan fingerprint density at radius 1 is 0.345 bits per heavy atom. The van der Waals surface area contributed by atoms with Crippen molar-refractivity contribution in [3.63, 3.8) is 0 Å². The van der Waals surface area contributed by atoms with Gasteiger partial charge in [-0.3, -0.25) is 20.2 Å². The normalized spacial score (nSPS) is 11.6. The highest BCUT2D eigenvalue weighted by Gasteiger charge is 2.48. The van der Waals surface area contributed by atoms with Crippen molar-refractivity contribution in [2.75, 3.05) is 19.8 Å². The zero-order valence-corrected chi connectivity index (χ0v) is 55.6. The highest BCUT2D eigenvalue weighted by molar-refractivity contribution is 5.99. The topological polar surface area (TPSA) is 123 Å². The van der Waals surface area contributed by atoms with E-state index in [9.17, 15) is 20.2 Å². The molecule has 84 heavy (non-hydrogen) atoms. The molecule has 0 unspecified atom stereocenters. The molecule has 0 heterocycles. The third-order valence-corrected chi connectivity index (χ3v) is 17.8. The maximum absolute atomic E-state index is 13.7. The lowest BCUT2D eigenvalue weighted by Crippen LogP contribution is -2.34. The van der Waals surface area contributed by atoms with Crippen LogP contribution in [0.2, 0.25) is 0 Å². The molecule has 0 aliphatic carbocycles. The summed E-state index contributed by atoms with van der Waals surface area (Å²) in [6.07, 6.45) is 54.0. The number of hydrogen-bond donors (Lipinski definition) is 0. The van der Waals surface area contributed by atoms with E-state index < -0.39 is 21.1 Å². The third-order valence-electron chi connectivity index (χ3n) is 17.2. The first-order chi connectivity index (χ1) is 41.3. The summed E-state index contributed by atoms with van der Waals surface area (Å²) in [7, 11) is 0.0829. The van der Waals surface area contributed by atoms with E-state index in [1.165, 1.54) is 243 Å². The fraction of sp³-hybridized carbons (Fsp3) is 0.671. The van der Waals surface area contributed by atoms with E-state index in [0.29, 0.717) is 53.8 Å². The largest absolute Gasteiger partial charge is 0.494 e. The Labute approximate surface area is 514 Å². The van der Waals surface area contributed by atoms with Crippen LogP contribution in [-0.2, 0) is 10.0 Å². The monoisotopic (exact) mass is 1180 g/mol. The summed E-state index contributed by atoms with van der Waals surface area (Å²) < 4.78 is 25.4. The van der Waals surface area contributed by atoms with Crippen molar-refractivity contribution in [3.05, 3.63) is 122 Å². The van der Waals surface area contributed by atoms with Gasteiger partial charge in [0.2, 0.25) is 0 Å². The van der Waals surface area contributed by atoms with Gasteiger partial charge in [-0.1, -0.05) is 308 Å². The molecule has 470 valence electrons. The maximum atomic E-state index is 13.7. The summed E-state index contributed by atoms with van der Waals surface area (Å²) in [5.41, 5.74) is -0.800. The highest BCUT2D eigenvalue weighted by Crippen LogP contribution is 2.51. The van der Waals surface area contributed by atoms with Crippen molar-refractivity contribution in [2.45, 2.75) is 296 Å². The van der Waals surface area contributed by atoms with Crippen LogP contribution in [0, 0.1) is 20.2 Å². The second-order valence-electron chi connectivity index (χ2n) is 24.2. The predicted octanol–water partition coefficient (Wildman–Crippen LogP) is 22.3. The minimum Gasteiger partial charge on any atom is -0.494 e. The molecule has 0 aliphatic rings. The first-order valence-electron chi connectivity index (χ1n) is 34.5. The average molecular weight is 1180 g/mol. The van der Waals surface area contributed by atoms with E-state index in [0.717, 1.165) is 38.5 Å². The first-order valence-corrected chi connectivity index (χ1v) is 35.3. The number of unbranched alkanes of at least 4 members (excludes halogenated alkanes) is 39. The lowest BCUT2D eigenvalue weighted by atomic mass is 9.77. The number of nitrogens with zero attached hydrogens (tertiary/aromatic N) is 2. The Kier molecular flexibility index (Phi) is 39.7. The molecule has 0 bridgehead atoms. The molecular formula is C73H116N2O8Si. The zero-order chi connectivity index (χ0) is 60.0. The van der Waals surface area contributed by atoms with Crippen LogP contribution in [0.5, 0.6) is 17.2 Å². The van der Waals surface area contributed by atoms with Crippen molar-refractivity contribution in [3.8, 4) is 28.4 Å². The Hall–Kier alpha value is -4.74. The van der Waals surface area contributed by atoms with Crippen molar-refractivity contribution >= 4 is 21.9 Å². The minimum absolute atomic E-state index is 0.0829. The molecule has 0 spiro atoms. The molecule has 0 radical (unpaired) electrons.